The largest absolute Gasteiger partial charge is 0.350 e. The molecule has 2 aromatic carbocycles. The molecule has 0 aliphatic rings. The number of benzene rings is 2. The minimum atomic E-state index is -0.0842. The Morgan fingerprint density at radius 3 is 2.73 bits per heavy atom. The maximum absolute atomic E-state index is 12.5. The number of carbonyl (C=O) groups is 2. The van der Waals surface area contributed by atoms with Crippen LogP contribution in [-0.4, -0.2) is 33.7 Å². The standard InChI is InChI=1S/C24H20N4O2S3/c29-22(27-24-26-17-7-2-4-9-19(17)33-24)15-32-21-14-28(18-8-3-1-6-16(18)21)12-11-25-23(30)20-10-5-13-31-20/h1-10,13-14H,11-12,15H2,(H,25,30)(H,26,27,29). The van der Waals surface area contributed by atoms with Gasteiger partial charge in [-0.15, -0.1) is 23.1 Å². The van der Waals surface area contributed by atoms with E-state index in [1.54, 1.807) is 0 Å². The first kappa shape index (κ1) is 21.7. The molecule has 3 heterocycles. The van der Waals surface area contributed by atoms with Crippen LogP contribution in [0.15, 0.2) is 77.1 Å². The summed E-state index contributed by atoms with van der Waals surface area (Å²) in [6.45, 7) is 1.17. The summed E-state index contributed by atoms with van der Waals surface area (Å²) >= 11 is 4.41. The molecule has 0 atom stereocenters. The van der Waals surface area contributed by atoms with Crippen LogP contribution in [0.1, 0.15) is 9.67 Å². The third-order valence-electron chi connectivity index (χ3n) is 5.03. The van der Waals surface area contributed by atoms with Crippen LogP contribution in [0.3, 0.4) is 0 Å². The molecule has 0 aliphatic heterocycles. The number of rotatable bonds is 8. The van der Waals surface area contributed by atoms with Crippen LogP contribution < -0.4 is 10.6 Å². The van der Waals surface area contributed by atoms with Crippen molar-refractivity contribution in [2.75, 3.05) is 17.6 Å². The molecule has 2 N–H and O–H groups in total. The molecule has 2 amide bonds. The van der Waals surface area contributed by atoms with Gasteiger partial charge in [-0.2, -0.15) is 0 Å². The Morgan fingerprint density at radius 2 is 1.88 bits per heavy atom. The third-order valence-corrected chi connectivity index (χ3v) is 7.90. The molecular formula is C24H20N4O2S3. The first-order valence-corrected chi connectivity index (χ1v) is 13.0. The fourth-order valence-electron chi connectivity index (χ4n) is 3.52. The van der Waals surface area contributed by atoms with E-state index < -0.39 is 0 Å². The highest BCUT2D eigenvalue weighted by Crippen LogP contribution is 2.31. The summed E-state index contributed by atoms with van der Waals surface area (Å²) in [4.78, 5) is 30.9. The lowest BCUT2D eigenvalue weighted by Crippen LogP contribution is -2.26. The number of para-hydroxylation sites is 2. The summed E-state index contributed by atoms with van der Waals surface area (Å²) in [5.41, 5.74) is 1.97. The number of hydrogen-bond donors (Lipinski definition) is 2. The summed E-state index contributed by atoms with van der Waals surface area (Å²) in [5, 5.41) is 9.49. The van der Waals surface area contributed by atoms with Gasteiger partial charge >= 0.3 is 0 Å². The topological polar surface area (TPSA) is 76.0 Å². The molecule has 0 saturated carbocycles. The maximum Gasteiger partial charge on any atom is 0.261 e. The molecule has 0 unspecified atom stereocenters. The maximum atomic E-state index is 12.5. The van der Waals surface area contributed by atoms with Crippen LogP contribution in [-0.2, 0) is 11.3 Å². The van der Waals surface area contributed by atoms with Crippen molar-refractivity contribution in [3.05, 3.63) is 77.1 Å². The molecule has 9 heteroatoms. The Kier molecular flexibility index (Phi) is 6.43. The summed E-state index contributed by atoms with van der Waals surface area (Å²) in [5.74, 6) is 0.153. The van der Waals surface area contributed by atoms with Crippen molar-refractivity contribution in [2.24, 2.45) is 0 Å². The number of hydrogen-bond acceptors (Lipinski definition) is 6. The van der Waals surface area contributed by atoms with Gasteiger partial charge in [0, 0.05) is 35.1 Å². The highest BCUT2D eigenvalue weighted by Gasteiger charge is 2.13. The molecule has 166 valence electrons. The normalized spacial score (nSPS) is 11.2. The summed E-state index contributed by atoms with van der Waals surface area (Å²) in [6, 6.07) is 19.6. The molecule has 5 aromatic rings. The molecule has 6 nitrogen and oxygen atoms in total. The highest BCUT2D eigenvalue weighted by molar-refractivity contribution is 8.00. The van der Waals surface area contributed by atoms with Gasteiger partial charge in [0.15, 0.2) is 5.13 Å². The van der Waals surface area contributed by atoms with Crippen molar-refractivity contribution in [1.29, 1.82) is 0 Å². The monoisotopic (exact) mass is 492 g/mol. The summed E-state index contributed by atoms with van der Waals surface area (Å²) in [7, 11) is 0. The van der Waals surface area contributed by atoms with Crippen molar-refractivity contribution in [1.82, 2.24) is 14.9 Å². The number of thioether (sulfide) groups is 1. The number of aromatic nitrogens is 2. The number of carbonyl (C=O) groups excluding carboxylic acids is 2. The Balaban J connectivity index is 1.22. The average molecular weight is 493 g/mol. The fraction of sp³-hybridized carbons (Fsp3) is 0.125. The van der Waals surface area contributed by atoms with Gasteiger partial charge in [0.25, 0.3) is 5.91 Å². The highest BCUT2D eigenvalue weighted by atomic mass is 32.2. The number of amides is 2. The Bertz CT molecular complexity index is 1390. The van der Waals surface area contributed by atoms with Gasteiger partial charge in [-0.1, -0.05) is 47.7 Å². The molecule has 5 rings (SSSR count). The SMILES string of the molecule is O=C(CSc1cn(CCNC(=O)c2cccs2)c2ccccc12)Nc1nc2ccccc2s1. The molecular weight excluding hydrogens is 472 g/mol. The third kappa shape index (κ3) is 4.95. The van der Waals surface area contributed by atoms with E-state index >= 15 is 0 Å². The van der Waals surface area contributed by atoms with Gasteiger partial charge < -0.3 is 15.2 Å². The molecule has 0 aliphatic carbocycles. The lowest BCUT2D eigenvalue weighted by atomic mass is 10.2. The number of thiophene rings is 1. The predicted octanol–water partition coefficient (Wildman–Crippen LogP) is 5.47. The average Bonchev–Trinajstić information content (AvgIpc) is 3.56. The Hall–Kier alpha value is -3.14. The smallest absolute Gasteiger partial charge is 0.261 e. The van der Waals surface area contributed by atoms with Crippen LogP contribution in [0.5, 0.6) is 0 Å². The molecule has 0 saturated heterocycles. The Labute approximate surface area is 202 Å². The van der Waals surface area contributed by atoms with E-state index in [4.69, 9.17) is 0 Å². The molecule has 0 spiro atoms. The van der Waals surface area contributed by atoms with Gasteiger partial charge in [0.1, 0.15) is 0 Å². The molecule has 0 radical (unpaired) electrons. The first-order chi connectivity index (χ1) is 16.2. The van der Waals surface area contributed by atoms with E-state index in [1.807, 2.05) is 53.9 Å². The van der Waals surface area contributed by atoms with Gasteiger partial charge in [0.2, 0.25) is 5.91 Å². The second-order valence-electron chi connectivity index (χ2n) is 7.26. The van der Waals surface area contributed by atoms with E-state index in [1.165, 1.54) is 34.4 Å². The summed E-state index contributed by atoms with van der Waals surface area (Å²) < 4.78 is 3.17. The van der Waals surface area contributed by atoms with Gasteiger partial charge in [-0.25, -0.2) is 4.98 Å². The zero-order chi connectivity index (χ0) is 22.6. The minimum absolute atomic E-state index is 0.0532. The predicted molar refractivity (Wildman–Crippen MR) is 138 cm³/mol. The van der Waals surface area contributed by atoms with Gasteiger partial charge in [0.05, 0.1) is 20.8 Å². The number of fused-ring (bicyclic) bond motifs is 2. The number of nitrogens with zero attached hydrogens (tertiary/aromatic N) is 2. The molecule has 33 heavy (non-hydrogen) atoms. The van der Waals surface area contributed by atoms with Gasteiger partial charge in [-0.05, 0) is 29.6 Å². The van der Waals surface area contributed by atoms with Crippen LogP contribution in [0.2, 0.25) is 0 Å². The van der Waals surface area contributed by atoms with Crippen LogP contribution in [0, 0.1) is 0 Å². The minimum Gasteiger partial charge on any atom is -0.350 e. The second-order valence-corrected chi connectivity index (χ2v) is 10.3. The number of thiazole rings is 1. The van der Waals surface area contributed by atoms with Crippen LogP contribution >= 0.6 is 34.4 Å². The van der Waals surface area contributed by atoms with E-state index in [9.17, 15) is 9.59 Å². The fourth-order valence-corrected chi connectivity index (χ4v) is 5.93. The van der Waals surface area contributed by atoms with Crippen molar-refractivity contribution >= 4 is 72.5 Å². The van der Waals surface area contributed by atoms with Crippen LogP contribution in [0.4, 0.5) is 5.13 Å². The van der Waals surface area contributed by atoms with E-state index in [0.29, 0.717) is 28.9 Å². The second kappa shape index (κ2) is 9.78. The number of nitrogens with one attached hydrogen (secondary N) is 2. The van der Waals surface area contributed by atoms with Crippen molar-refractivity contribution in [3.8, 4) is 0 Å². The van der Waals surface area contributed by atoms with E-state index in [0.717, 1.165) is 26.0 Å². The zero-order valence-corrected chi connectivity index (χ0v) is 19.9. The lowest BCUT2D eigenvalue weighted by molar-refractivity contribution is -0.113. The molecule has 0 bridgehead atoms. The van der Waals surface area contributed by atoms with Crippen LogP contribution in [0.25, 0.3) is 21.1 Å². The molecule has 3 aromatic heterocycles. The lowest BCUT2D eigenvalue weighted by Gasteiger charge is -2.06. The number of anilines is 1. The van der Waals surface area contributed by atoms with Gasteiger partial charge in [-0.3, -0.25) is 9.59 Å². The van der Waals surface area contributed by atoms with Crippen molar-refractivity contribution in [2.45, 2.75) is 11.4 Å². The van der Waals surface area contributed by atoms with E-state index in [2.05, 4.69) is 38.5 Å². The quantitative estimate of drug-likeness (QED) is 0.282. The van der Waals surface area contributed by atoms with E-state index in [-0.39, 0.29) is 11.8 Å². The first-order valence-electron chi connectivity index (χ1n) is 10.4. The Morgan fingerprint density at radius 1 is 1.03 bits per heavy atom. The van der Waals surface area contributed by atoms with Crippen molar-refractivity contribution in [3.63, 3.8) is 0 Å². The summed E-state index contributed by atoms with van der Waals surface area (Å²) in [6.07, 6.45) is 2.05. The van der Waals surface area contributed by atoms with Crippen molar-refractivity contribution < 1.29 is 9.59 Å². The molecule has 0 fully saturated rings. The zero-order valence-electron chi connectivity index (χ0n) is 17.5.